The highest BCUT2D eigenvalue weighted by Crippen LogP contribution is 2.06. The number of hydrogen-bond donors (Lipinski definition) is 0. The zero-order chi connectivity index (χ0) is 7.78. The van der Waals surface area contributed by atoms with Crippen molar-refractivity contribution in [2.24, 2.45) is 7.05 Å². The second-order valence-electron chi connectivity index (χ2n) is 2.28. The molecule has 1 aromatic heterocycles. The van der Waals surface area contributed by atoms with Gasteiger partial charge in [-0.25, -0.2) is 8.42 Å². The highest BCUT2D eigenvalue weighted by Gasteiger charge is 2.06. The third kappa shape index (κ3) is 1.39. The summed E-state index contributed by atoms with van der Waals surface area (Å²) in [6.45, 7) is 0. The average molecular weight is 159 g/mol. The van der Waals surface area contributed by atoms with E-state index in [1.807, 2.05) is 0 Å². The summed E-state index contributed by atoms with van der Waals surface area (Å²) >= 11 is 0. The van der Waals surface area contributed by atoms with E-state index in [0.29, 0.717) is 4.90 Å². The van der Waals surface area contributed by atoms with Gasteiger partial charge in [-0.2, -0.15) is 0 Å². The minimum Gasteiger partial charge on any atom is -0.356 e. The topological polar surface area (TPSA) is 39.1 Å². The van der Waals surface area contributed by atoms with Crippen LogP contribution in [-0.2, 0) is 16.9 Å². The minimum absolute atomic E-state index is 0.370. The number of sulfone groups is 1. The second kappa shape index (κ2) is 2.12. The Balaban J connectivity index is 3.21. The molecule has 0 aliphatic carbocycles. The molecule has 3 nitrogen and oxygen atoms in total. The van der Waals surface area contributed by atoms with Crippen LogP contribution in [0, 0.1) is 0 Å². The maximum atomic E-state index is 10.8. The monoisotopic (exact) mass is 159 g/mol. The van der Waals surface area contributed by atoms with Crippen LogP contribution >= 0.6 is 0 Å². The smallest absolute Gasteiger partial charge is 0.177 e. The van der Waals surface area contributed by atoms with Crippen molar-refractivity contribution >= 4 is 9.84 Å². The molecule has 0 unspecified atom stereocenters. The summed E-state index contributed by atoms with van der Waals surface area (Å²) < 4.78 is 23.4. The molecule has 1 aromatic rings. The van der Waals surface area contributed by atoms with Crippen LogP contribution in [0.2, 0.25) is 0 Å². The molecular formula is C6H9NO2S. The van der Waals surface area contributed by atoms with Crippen LogP contribution in [0.5, 0.6) is 0 Å². The Morgan fingerprint density at radius 1 is 1.50 bits per heavy atom. The van der Waals surface area contributed by atoms with Gasteiger partial charge in [0.05, 0.1) is 4.90 Å². The summed E-state index contributed by atoms with van der Waals surface area (Å²) in [6, 6.07) is 1.58. The highest BCUT2D eigenvalue weighted by atomic mass is 32.2. The van der Waals surface area contributed by atoms with Crippen molar-refractivity contribution in [2.75, 3.05) is 6.26 Å². The summed E-state index contributed by atoms with van der Waals surface area (Å²) in [6.07, 6.45) is 4.48. The first kappa shape index (κ1) is 7.34. The van der Waals surface area contributed by atoms with E-state index in [4.69, 9.17) is 0 Å². The fraction of sp³-hybridized carbons (Fsp3) is 0.333. The first-order valence-corrected chi connectivity index (χ1v) is 4.71. The third-order valence-electron chi connectivity index (χ3n) is 1.23. The second-order valence-corrected chi connectivity index (χ2v) is 4.30. The van der Waals surface area contributed by atoms with E-state index < -0.39 is 9.84 Å². The van der Waals surface area contributed by atoms with Gasteiger partial charge in [-0.1, -0.05) is 0 Å². The molecular weight excluding hydrogens is 150 g/mol. The molecule has 0 spiro atoms. The predicted molar refractivity (Wildman–Crippen MR) is 38.5 cm³/mol. The number of nitrogens with zero attached hydrogens (tertiary/aromatic N) is 1. The SMILES string of the molecule is Cn1ccc(S(C)(=O)=O)c1. The van der Waals surface area contributed by atoms with Crippen molar-refractivity contribution in [3.63, 3.8) is 0 Å². The summed E-state index contributed by atoms with van der Waals surface area (Å²) in [5, 5.41) is 0. The highest BCUT2D eigenvalue weighted by molar-refractivity contribution is 7.90. The minimum atomic E-state index is -3.00. The lowest BCUT2D eigenvalue weighted by atomic mass is 10.7. The molecule has 0 saturated heterocycles. The van der Waals surface area contributed by atoms with Crippen molar-refractivity contribution in [2.45, 2.75) is 4.90 Å². The quantitative estimate of drug-likeness (QED) is 0.596. The van der Waals surface area contributed by atoms with E-state index >= 15 is 0 Å². The lowest BCUT2D eigenvalue weighted by Crippen LogP contribution is -1.94. The van der Waals surface area contributed by atoms with E-state index in [9.17, 15) is 8.42 Å². The average Bonchev–Trinajstić information content (AvgIpc) is 2.11. The Morgan fingerprint density at radius 2 is 2.10 bits per heavy atom. The van der Waals surface area contributed by atoms with Gasteiger partial charge >= 0.3 is 0 Å². The Hall–Kier alpha value is -0.770. The molecule has 56 valence electrons. The lowest BCUT2D eigenvalue weighted by molar-refractivity contribution is 0.601. The van der Waals surface area contributed by atoms with Crippen molar-refractivity contribution in [3.05, 3.63) is 18.5 Å². The van der Waals surface area contributed by atoms with Crippen molar-refractivity contribution in [3.8, 4) is 0 Å². The van der Waals surface area contributed by atoms with Gasteiger partial charge in [0.25, 0.3) is 0 Å². The zero-order valence-electron chi connectivity index (χ0n) is 5.90. The van der Waals surface area contributed by atoms with Gasteiger partial charge in [-0.05, 0) is 6.07 Å². The Labute approximate surface area is 60.2 Å². The maximum Gasteiger partial charge on any atom is 0.177 e. The van der Waals surface area contributed by atoms with Gasteiger partial charge in [-0.3, -0.25) is 0 Å². The number of aromatic nitrogens is 1. The number of rotatable bonds is 1. The molecule has 0 aliphatic heterocycles. The summed E-state index contributed by atoms with van der Waals surface area (Å²) in [7, 11) is -1.22. The van der Waals surface area contributed by atoms with Crippen LogP contribution in [0.25, 0.3) is 0 Å². The van der Waals surface area contributed by atoms with E-state index in [1.54, 1.807) is 30.1 Å². The van der Waals surface area contributed by atoms with E-state index in [-0.39, 0.29) is 0 Å². The normalized spacial score (nSPS) is 11.8. The Bertz CT molecular complexity index is 323. The number of hydrogen-bond acceptors (Lipinski definition) is 2. The molecule has 0 aromatic carbocycles. The van der Waals surface area contributed by atoms with Crippen LogP contribution < -0.4 is 0 Å². The van der Waals surface area contributed by atoms with Crippen LogP contribution in [0.4, 0.5) is 0 Å². The van der Waals surface area contributed by atoms with Gasteiger partial charge in [0.2, 0.25) is 0 Å². The largest absolute Gasteiger partial charge is 0.356 e. The predicted octanol–water partition coefficient (Wildman–Crippen LogP) is 0.429. The molecule has 0 radical (unpaired) electrons. The van der Waals surface area contributed by atoms with E-state index in [0.717, 1.165) is 0 Å². The van der Waals surface area contributed by atoms with Crippen LogP contribution in [0.1, 0.15) is 0 Å². The molecule has 0 atom stereocenters. The molecule has 0 amide bonds. The summed E-state index contributed by atoms with van der Waals surface area (Å²) in [5.41, 5.74) is 0. The summed E-state index contributed by atoms with van der Waals surface area (Å²) in [5.74, 6) is 0. The van der Waals surface area contributed by atoms with Crippen molar-refractivity contribution in [1.82, 2.24) is 4.57 Å². The molecule has 4 heteroatoms. The third-order valence-corrected chi connectivity index (χ3v) is 2.33. The number of aryl methyl sites for hydroxylation is 1. The standard InChI is InChI=1S/C6H9NO2S/c1-7-4-3-6(5-7)10(2,8)9/h3-5H,1-2H3. The maximum absolute atomic E-state index is 10.8. The molecule has 0 bridgehead atoms. The van der Waals surface area contributed by atoms with Crippen molar-refractivity contribution < 1.29 is 8.42 Å². The first-order chi connectivity index (χ1) is 4.50. The van der Waals surface area contributed by atoms with Crippen LogP contribution in [0.3, 0.4) is 0 Å². The van der Waals surface area contributed by atoms with E-state index in [2.05, 4.69) is 0 Å². The zero-order valence-corrected chi connectivity index (χ0v) is 6.72. The van der Waals surface area contributed by atoms with Crippen LogP contribution in [-0.4, -0.2) is 19.2 Å². The first-order valence-electron chi connectivity index (χ1n) is 2.82. The van der Waals surface area contributed by atoms with Gasteiger partial charge < -0.3 is 4.57 Å². The van der Waals surface area contributed by atoms with Gasteiger partial charge in [0.1, 0.15) is 0 Å². The molecule has 0 aliphatic rings. The Kier molecular flexibility index (Phi) is 1.56. The van der Waals surface area contributed by atoms with E-state index in [1.165, 1.54) is 6.26 Å². The van der Waals surface area contributed by atoms with Crippen LogP contribution in [0.15, 0.2) is 23.4 Å². The molecule has 1 heterocycles. The lowest BCUT2D eigenvalue weighted by Gasteiger charge is -1.88. The molecule has 0 fully saturated rings. The summed E-state index contributed by atoms with van der Waals surface area (Å²) in [4.78, 5) is 0.370. The molecule has 10 heavy (non-hydrogen) atoms. The molecule has 1 rings (SSSR count). The Morgan fingerprint density at radius 3 is 2.30 bits per heavy atom. The fourth-order valence-electron chi connectivity index (χ4n) is 0.697. The van der Waals surface area contributed by atoms with Crippen molar-refractivity contribution in [1.29, 1.82) is 0 Å². The fourth-order valence-corrected chi connectivity index (χ4v) is 1.36. The molecule has 0 N–H and O–H groups in total. The molecule has 0 saturated carbocycles. The van der Waals surface area contributed by atoms with Gasteiger partial charge in [0.15, 0.2) is 9.84 Å². The van der Waals surface area contributed by atoms with Gasteiger partial charge in [0, 0.05) is 25.7 Å². The van der Waals surface area contributed by atoms with Gasteiger partial charge in [-0.15, -0.1) is 0 Å².